The zero-order chi connectivity index (χ0) is 20.6. The van der Waals surface area contributed by atoms with Gasteiger partial charge < -0.3 is 10.2 Å². The first-order valence-corrected chi connectivity index (χ1v) is 11.1. The Morgan fingerprint density at radius 2 is 1.93 bits per heavy atom. The summed E-state index contributed by atoms with van der Waals surface area (Å²) in [5.41, 5.74) is 3.19. The topological polar surface area (TPSA) is 75.2 Å². The second kappa shape index (κ2) is 7.82. The number of aromatic nitrogens is 2. The van der Waals surface area contributed by atoms with Crippen LogP contribution in [-0.4, -0.2) is 45.8 Å². The van der Waals surface area contributed by atoms with Crippen molar-refractivity contribution in [1.82, 2.24) is 20.2 Å². The first-order chi connectivity index (χ1) is 14.6. The highest BCUT2D eigenvalue weighted by molar-refractivity contribution is 5.92. The highest BCUT2D eigenvalue weighted by atomic mass is 16.2. The van der Waals surface area contributed by atoms with E-state index in [2.05, 4.69) is 39.6 Å². The van der Waals surface area contributed by atoms with E-state index < -0.39 is 0 Å². The number of rotatable bonds is 4. The quantitative estimate of drug-likeness (QED) is 0.849. The molecule has 5 rings (SSSR count). The predicted molar refractivity (Wildman–Crippen MR) is 113 cm³/mol. The fourth-order valence-electron chi connectivity index (χ4n) is 5.46. The Bertz CT molecular complexity index is 933. The van der Waals surface area contributed by atoms with E-state index in [0.29, 0.717) is 31.2 Å². The number of benzene rings is 1. The van der Waals surface area contributed by atoms with Crippen molar-refractivity contribution in [2.75, 3.05) is 13.1 Å². The van der Waals surface area contributed by atoms with Gasteiger partial charge in [-0.25, -0.2) is 4.98 Å². The first kappa shape index (κ1) is 19.2. The average molecular weight is 405 g/mol. The zero-order valence-electron chi connectivity index (χ0n) is 17.2. The molecule has 3 aliphatic rings. The van der Waals surface area contributed by atoms with E-state index in [9.17, 15) is 9.59 Å². The van der Waals surface area contributed by atoms with Gasteiger partial charge in [-0.15, -0.1) is 0 Å². The van der Waals surface area contributed by atoms with E-state index in [0.717, 1.165) is 32.1 Å². The number of nitrogens with one attached hydrogen (secondary N) is 1. The molecule has 2 fully saturated rings. The summed E-state index contributed by atoms with van der Waals surface area (Å²) in [4.78, 5) is 35.4. The van der Waals surface area contributed by atoms with Crippen LogP contribution < -0.4 is 5.32 Å². The van der Waals surface area contributed by atoms with Crippen molar-refractivity contribution in [2.45, 2.75) is 62.3 Å². The normalized spacial score (nSPS) is 22.4. The second-order valence-corrected chi connectivity index (χ2v) is 9.05. The molecule has 1 aromatic heterocycles. The minimum Gasteiger partial charge on any atom is -0.353 e. The van der Waals surface area contributed by atoms with E-state index in [1.165, 1.54) is 23.7 Å². The molecule has 156 valence electrons. The van der Waals surface area contributed by atoms with E-state index in [1.807, 2.05) is 4.90 Å². The van der Waals surface area contributed by atoms with Gasteiger partial charge in [0.2, 0.25) is 5.91 Å². The lowest BCUT2D eigenvalue weighted by molar-refractivity contribution is -0.122. The summed E-state index contributed by atoms with van der Waals surface area (Å²) in [6, 6.07) is 9.01. The summed E-state index contributed by atoms with van der Waals surface area (Å²) < 4.78 is 0. The Morgan fingerprint density at radius 3 is 2.63 bits per heavy atom. The van der Waals surface area contributed by atoms with Crippen LogP contribution in [0.4, 0.5) is 0 Å². The van der Waals surface area contributed by atoms with Crippen LogP contribution in [0.5, 0.6) is 0 Å². The van der Waals surface area contributed by atoms with Crippen molar-refractivity contribution < 1.29 is 9.59 Å². The van der Waals surface area contributed by atoms with Gasteiger partial charge in [0.25, 0.3) is 5.91 Å². The molecule has 1 atom stereocenters. The molecule has 2 aliphatic carbocycles. The van der Waals surface area contributed by atoms with E-state index in [-0.39, 0.29) is 23.1 Å². The Morgan fingerprint density at radius 1 is 1.13 bits per heavy atom. The van der Waals surface area contributed by atoms with E-state index >= 15 is 0 Å². The van der Waals surface area contributed by atoms with Crippen LogP contribution in [0.2, 0.25) is 0 Å². The van der Waals surface area contributed by atoms with Crippen molar-refractivity contribution in [1.29, 1.82) is 0 Å². The number of amides is 2. The molecule has 1 N–H and O–H groups in total. The van der Waals surface area contributed by atoms with Gasteiger partial charge in [-0.05, 0) is 61.0 Å². The second-order valence-electron chi connectivity index (χ2n) is 9.05. The minimum absolute atomic E-state index is 0.0411. The third-order valence-corrected chi connectivity index (χ3v) is 7.30. The third-order valence-electron chi connectivity index (χ3n) is 7.30. The fourth-order valence-corrected chi connectivity index (χ4v) is 5.46. The molecule has 1 spiro atoms. The smallest absolute Gasteiger partial charge is 0.274 e. The molecule has 6 heteroatoms. The summed E-state index contributed by atoms with van der Waals surface area (Å²) in [6.45, 7) is 1.43. The molecule has 2 amide bonds. The number of piperidine rings is 1. The number of nitrogens with zero attached hydrogens (tertiary/aromatic N) is 3. The highest BCUT2D eigenvalue weighted by Crippen LogP contribution is 2.52. The maximum Gasteiger partial charge on any atom is 0.274 e. The van der Waals surface area contributed by atoms with Crippen molar-refractivity contribution in [3.05, 3.63) is 59.7 Å². The van der Waals surface area contributed by atoms with Crippen molar-refractivity contribution in [3.8, 4) is 0 Å². The summed E-state index contributed by atoms with van der Waals surface area (Å²) >= 11 is 0. The number of carbonyl (C=O) groups excluding carboxylic acids is 2. The Hall–Kier alpha value is -2.76. The Labute approximate surface area is 177 Å². The average Bonchev–Trinajstić information content (AvgIpc) is 3.05. The molecule has 1 aliphatic heterocycles. The molecule has 1 saturated heterocycles. The molecule has 2 aromatic rings. The minimum atomic E-state index is -0.0411. The molecule has 0 unspecified atom stereocenters. The lowest BCUT2D eigenvalue weighted by atomic mass is 9.73. The summed E-state index contributed by atoms with van der Waals surface area (Å²) in [7, 11) is 0. The first-order valence-electron chi connectivity index (χ1n) is 11.1. The van der Waals surface area contributed by atoms with Gasteiger partial charge in [-0.1, -0.05) is 24.3 Å². The van der Waals surface area contributed by atoms with Gasteiger partial charge in [-0.3, -0.25) is 14.6 Å². The van der Waals surface area contributed by atoms with Crippen LogP contribution in [0.3, 0.4) is 0 Å². The number of fused-ring (bicyclic) bond motifs is 2. The summed E-state index contributed by atoms with van der Waals surface area (Å²) in [5.74, 6) is 0.413. The molecule has 30 heavy (non-hydrogen) atoms. The summed E-state index contributed by atoms with van der Waals surface area (Å²) in [6.07, 6.45) is 11.6. The van der Waals surface area contributed by atoms with Crippen LogP contribution in [0.25, 0.3) is 0 Å². The maximum absolute atomic E-state index is 12.8. The lowest BCUT2D eigenvalue weighted by Crippen LogP contribution is -2.44. The van der Waals surface area contributed by atoms with Crippen molar-refractivity contribution >= 4 is 11.8 Å². The van der Waals surface area contributed by atoms with E-state index in [4.69, 9.17) is 0 Å². The third kappa shape index (κ3) is 3.48. The monoisotopic (exact) mass is 404 g/mol. The maximum atomic E-state index is 12.8. The zero-order valence-corrected chi connectivity index (χ0v) is 17.2. The van der Waals surface area contributed by atoms with Crippen LogP contribution in [0.15, 0.2) is 42.9 Å². The predicted octanol–water partition coefficient (Wildman–Crippen LogP) is 3.20. The number of hydrogen-bond acceptors (Lipinski definition) is 4. The Kier molecular flexibility index (Phi) is 5.01. The largest absolute Gasteiger partial charge is 0.353 e. The molecule has 0 radical (unpaired) electrons. The highest BCUT2D eigenvalue weighted by Gasteiger charge is 2.46. The number of carbonyl (C=O) groups is 2. The molecule has 6 nitrogen and oxygen atoms in total. The molecule has 1 saturated carbocycles. The van der Waals surface area contributed by atoms with Crippen LogP contribution in [0.1, 0.15) is 72.5 Å². The summed E-state index contributed by atoms with van der Waals surface area (Å²) in [5, 5.41) is 3.20. The van der Waals surface area contributed by atoms with Crippen LogP contribution in [-0.2, 0) is 10.2 Å². The van der Waals surface area contributed by atoms with Gasteiger partial charge in [0.1, 0.15) is 5.69 Å². The van der Waals surface area contributed by atoms with Gasteiger partial charge >= 0.3 is 0 Å². The van der Waals surface area contributed by atoms with Crippen molar-refractivity contribution in [3.63, 3.8) is 0 Å². The van der Waals surface area contributed by atoms with E-state index in [1.54, 1.807) is 12.4 Å². The molecular formula is C24H28N4O2. The number of likely N-dealkylation sites (tertiary alicyclic amines) is 1. The van der Waals surface area contributed by atoms with Crippen LogP contribution >= 0.6 is 0 Å². The SMILES string of the molecule is O=C(C[C@@H]1CC2(CCN(C(=O)c3cnccn3)CC2)c2ccccc21)NC1CCC1. The number of hydrogen-bond donors (Lipinski definition) is 1. The Balaban J connectivity index is 1.29. The standard InChI is InChI=1S/C24H28N4O2/c29-22(27-18-4-3-5-18)14-17-15-24(20-7-2-1-6-19(17)20)8-12-28(13-9-24)23(30)21-16-25-10-11-26-21/h1-2,6-7,10-11,16-18H,3-5,8-9,12-15H2,(H,27,29)/t17-/m1/s1. The van der Waals surface area contributed by atoms with Gasteiger partial charge in [-0.2, -0.15) is 0 Å². The van der Waals surface area contributed by atoms with Gasteiger partial charge in [0.05, 0.1) is 6.20 Å². The van der Waals surface area contributed by atoms with Crippen molar-refractivity contribution in [2.24, 2.45) is 0 Å². The molecule has 0 bridgehead atoms. The van der Waals surface area contributed by atoms with Gasteiger partial charge in [0.15, 0.2) is 0 Å². The fraction of sp³-hybridized carbons (Fsp3) is 0.500. The molecule has 2 heterocycles. The lowest BCUT2D eigenvalue weighted by Gasteiger charge is -2.40. The van der Waals surface area contributed by atoms with Crippen LogP contribution in [0, 0.1) is 0 Å². The molecule has 1 aromatic carbocycles. The molecular weight excluding hydrogens is 376 g/mol. The van der Waals surface area contributed by atoms with Gasteiger partial charge in [0, 0.05) is 37.9 Å².